The summed E-state index contributed by atoms with van der Waals surface area (Å²) >= 11 is 0. The molecule has 0 amide bonds. The van der Waals surface area contributed by atoms with Crippen molar-refractivity contribution in [2.75, 3.05) is 20.7 Å². The van der Waals surface area contributed by atoms with E-state index in [0.717, 1.165) is 5.75 Å². The second kappa shape index (κ2) is 4.01. The van der Waals surface area contributed by atoms with Gasteiger partial charge < -0.3 is 4.74 Å². The molecule has 0 aliphatic carbocycles. The molecule has 1 atom stereocenters. The van der Waals surface area contributed by atoms with E-state index in [4.69, 9.17) is 4.74 Å². The lowest BCUT2D eigenvalue weighted by atomic mass is 10.0. The Kier molecular flexibility index (Phi) is 2.73. The SMILES string of the molecule is COc1ccccc1C1CCCN1C. The van der Waals surface area contributed by atoms with Crippen LogP contribution in [-0.4, -0.2) is 25.6 Å². The van der Waals surface area contributed by atoms with Crippen molar-refractivity contribution in [1.29, 1.82) is 0 Å². The van der Waals surface area contributed by atoms with Crippen LogP contribution in [-0.2, 0) is 0 Å². The summed E-state index contributed by atoms with van der Waals surface area (Å²) in [5.41, 5.74) is 1.33. The molecule has 0 saturated carbocycles. The third-order valence-electron chi connectivity index (χ3n) is 3.02. The first-order valence-corrected chi connectivity index (χ1v) is 5.16. The molecule has 1 fully saturated rings. The highest BCUT2D eigenvalue weighted by Gasteiger charge is 2.24. The lowest BCUT2D eigenvalue weighted by molar-refractivity contribution is 0.305. The third-order valence-corrected chi connectivity index (χ3v) is 3.02. The molecule has 0 spiro atoms. The monoisotopic (exact) mass is 191 g/mol. The predicted molar refractivity (Wildman–Crippen MR) is 57.6 cm³/mol. The Labute approximate surface area is 85.5 Å². The van der Waals surface area contributed by atoms with Crippen molar-refractivity contribution >= 4 is 0 Å². The molecule has 1 aromatic rings. The first-order chi connectivity index (χ1) is 6.83. The second-order valence-corrected chi connectivity index (χ2v) is 3.88. The molecule has 1 aliphatic rings. The van der Waals surface area contributed by atoms with Crippen LogP contribution in [0.25, 0.3) is 0 Å². The molecular weight excluding hydrogens is 174 g/mol. The van der Waals surface area contributed by atoms with Crippen molar-refractivity contribution in [2.45, 2.75) is 18.9 Å². The molecule has 0 bridgehead atoms. The highest BCUT2D eigenvalue weighted by molar-refractivity contribution is 5.36. The molecule has 1 aliphatic heterocycles. The van der Waals surface area contributed by atoms with Crippen LogP contribution in [0.1, 0.15) is 24.4 Å². The lowest BCUT2D eigenvalue weighted by Crippen LogP contribution is -2.17. The number of rotatable bonds is 2. The highest BCUT2D eigenvalue weighted by atomic mass is 16.5. The number of likely N-dealkylation sites (tertiary alicyclic amines) is 1. The number of para-hydroxylation sites is 1. The van der Waals surface area contributed by atoms with Crippen LogP contribution in [0.15, 0.2) is 24.3 Å². The normalized spacial score (nSPS) is 22.6. The summed E-state index contributed by atoms with van der Waals surface area (Å²) in [4.78, 5) is 2.40. The van der Waals surface area contributed by atoms with Gasteiger partial charge in [0.05, 0.1) is 7.11 Å². The molecule has 0 N–H and O–H groups in total. The summed E-state index contributed by atoms with van der Waals surface area (Å²) in [5.74, 6) is 1.02. The molecule has 1 saturated heterocycles. The van der Waals surface area contributed by atoms with Crippen molar-refractivity contribution < 1.29 is 4.74 Å². The first kappa shape index (κ1) is 9.53. The van der Waals surface area contributed by atoms with E-state index in [1.165, 1.54) is 24.9 Å². The van der Waals surface area contributed by atoms with Gasteiger partial charge in [-0.1, -0.05) is 18.2 Å². The van der Waals surface area contributed by atoms with E-state index >= 15 is 0 Å². The summed E-state index contributed by atoms with van der Waals surface area (Å²) < 4.78 is 5.38. The minimum atomic E-state index is 0.547. The maximum atomic E-state index is 5.38. The van der Waals surface area contributed by atoms with E-state index in [0.29, 0.717) is 6.04 Å². The van der Waals surface area contributed by atoms with Gasteiger partial charge >= 0.3 is 0 Å². The Morgan fingerprint density at radius 1 is 1.36 bits per heavy atom. The summed E-state index contributed by atoms with van der Waals surface area (Å²) in [6.07, 6.45) is 2.54. The van der Waals surface area contributed by atoms with Crippen molar-refractivity contribution in [3.8, 4) is 5.75 Å². The molecule has 2 nitrogen and oxygen atoms in total. The van der Waals surface area contributed by atoms with Gasteiger partial charge in [-0.05, 0) is 32.5 Å². The predicted octanol–water partition coefficient (Wildman–Crippen LogP) is 2.46. The van der Waals surface area contributed by atoms with E-state index in [-0.39, 0.29) is 0 Å². The quantitative estimate of drug-likeness (QED) is 0.712. The summed E-state index contributed by atoms with van der Waals surface area (Å²) in [6.45, 7) is 1.20. The van der Waals surface area contributed by atoms with Gasteiger partial charge in [0.2, 0.25) is 0 Å². The topological polar surface area (TPSA) is 12.5 Å². The van der Waals surface area contributed by atoms with Gasteiger partial charge in [0, 0.05) is 11.6 Å². The van der Waals surface area contributed by atoms with Gasteiger partial charge in [-0.3, -0.25) is 4.90 Å². The van der Waals surface area contributed by atoms with Gasteiger partial charge in [0.25, 0.3) is 0 Å². The van der Waals surface area contributed by atoms with Crippen LogP contribution in [0.4, 0.5) is 0 Å². The zero-order valence-electron chi connectivity index (χ0n) is 8.86. The van der Waals surface area contributed by atoms with Gasteiger partial charge in [-0.15, -0.1) is 0 Å². The fraction of sp³-hybridized carbons (Fsp3) is 0.500. The number of nitrogens with zero attached hydrogens (tertiary/aromatic N) is 1. The average Bonchev–Trinajstić information content (AvgIpc) is 2.64. The fourth-order valence-corrected chi connectivity index (χ4v) is 2.24. The van der Waals surface area contributed by atoms with E-state index in [1.54, 1.807) is 7.11 Å². The van der Waals surface area contributed by atoms with Gasteiger partial charge in [0.15, 0.2) is 0 Å². The smallest absolute Gasteiger partial charge is 0.123 e. The molecule has 14 heavy (non-hydrogen) atoms. The molecule has 1 heterocycles. The maximum Gasteiger partial charge on any atom is 0.123 e. The molecular formula is C12H17NO. The van der Waals surface area contributed by atoms with Gasteiger partial charge in [-0.25, -0.2) is 0 Å². The molecule has 2 heteroatoms. The molecule has 2 rings (SSSR count). The Hall–Kier alpha value is -1.02. The molecule has 0 aromatic heterocycles. The lowest BCUT2D eigenvalue weighted by Gasteiger charge is -2.21. The van der Waals surface area contributed by atoms with Gasteiger partial charge in [-0.2, -0.15) is 0 Å². The van der Waals surface area contributed by atoms with Crippen LogP contribution in [0.2, 0.25) is 0 Å². The standard InChI is InChI=1S/C12H17NO/c1-13-9-5-7-11(13)10-6-3-4-8-12(10)14-2/h3-4,6,8,11H,5,7,9H2,1-2H3. The number of methoxy groups -OCH3 is 1. The average molecular weight is 191 g/mol. The summed E-state index contributed by atoms with van der Waals surface area (Å²) in [7, 11) is 3.93. The number of hydrogen-bond donors (Lipinski definition) is 0. The number of hydrogen-bond acceptors (Lipinski definition) is 2. The van der Waals surface area contributed by atoms with Crippen LogP contribution < -0.4 is 4.74 Å². The van der Waals surface area contributed by atoms with Gasteiger partial charge in [0.1, 0.15) is 5.75 Å². The van der Waals surface area contributed by atoms with Crippen molar-refractivity contribution in [1.82, 2.24) is 4.90 Å². The number of ether oxygens (including phenoxy) is 1. The fourth-order valence-electron chi connectivity index (χ4n) is 2.24. The van der Waals surface area contributed by atoms with E-state index in [2.05, 4.69) is 24.1 Å². The maximum absolute atomic E-state index is 5.38. The molecule has 1 aromatic carbocycles. The van der Waals surface area contributed by atoms with E-state index < -0.39 is 0 Å². The van der Waals surface area contributed by atoms with Crippen molar-refractivity contribution in [2.24, 2.45) is 0 Å². The summed E-state index contributed by atoms with van der Waals surface area (Å²) in [6, 6.07) is 8.87. The number of benzene rings is 1. The van der Waals surface area contributed by atoms with Crippen molar-refractivity contribution in [3.05, 3.63) is 29.8 Å². The molecule has 76 valence electrons. The second-order valence-electron chi connectivity index (χ2n) is 3.88. The van der Waals surface area contributed by atoms with E-state index in [1.807, 2.05) is 12.1 Å². The van der Waals surface area contributed by atoms with Crippen LogP contribution in [0.5, 0.6) is 5.75 Å². The highest BCUT2D eigenvalue weighted by Crippen LogP contribution is 2.35. The van der Waals surface area contributed by atoms with Crippen LogP contribution in [0.3, 0.4) is 0 Å². The minimum absolute atomic E-state index is 0.547. The third kappa shape index (κ3) is 1.62. The van der Waals surface area contributed by atoms with Crippen LogP contribution in [0, 0.1) is 0 Å². The summed E-state index contributed by atoms with van der Waals surface area (Å²) in [5, 5.41) is 0. The zero-order valence-corrected chi connectivity index (χ0v) is 8.86. The molecule has 1 unspecified atom stereocenters. The van der Waals surface area contributed by atoms with E-state index in [9.17, 15) is 0 Å². The Bertz CT molecular complexity index is 311. The van der Waals surface area contributed by atoms with Crippen molar-refractivity contribution in [3.63, 3.8) is 0 Å². The Morgan fingerprint density at radius 2 is 2.14 bits per heavy atom. The van der Waals surface area contributed by atoms with Crippen LogP contribution >= 0.6 is 0 Å². The first-order valence-electron chi connectivity index (χ1n) is 5.16. The minimum Gasteiger partial charge on any atom is -0.496 e. The molecule has 0 radical (unpaired) electrons. The Balaban J connectivity index is 2.30. The largest absolute Gasteiger partial charge is 0.496 e. The zero-order chi connectivity index (χ0) is 9.97. The Morgan fingerprint density at radius 3 is 2.79 bits per heavy atom.